The van der Waals surface area contributed by atoms with Crippen LogP contribution in [-0.4, -0.2) is 48.4 Å². The standard InChI is InChI=1S/C23H25N3O5S/c24-22(27)23(10-13-26(28)14-11-23)16-32(29,30)19-8-6-18(7-9-19)31-15-17-3-1-5-21-20(17)4-2-12-25-21/h1-9,12,28H,10-11,13-16H2,(H2,24,27). The molecule has 2 aromatic carbocycles. The number of carbonyl (C=O) groups is 1. The summed E-state index contributed by atoms with van der Waals surface area (Å²) >= 11 is 0. The van der Waals surface area contributed by atoms with E-state index in [1.54, 1.807) is 18.3 Å². The van der Waals surface area contributed by atoms with Gasteiger partial charge in [0.15, 0.2) is 9.84 Å². The van der Waals surface area contributed by atoms with Gasteiger partial charge in [0.2, 0.25) is 5.91 Å². The second-order valence-electron chi connectivity index (χ2n) is 8.10. The van der Waals surface area contributed by atoms with Crippen molar-refractivity contribution < 1.29 is 23.2 Å². The number of rotatable bonds is 7. The van der Waals surface area contributed by atoms with Crippen molar-refractivity contribution in [2.75, 3.05) is 18.8 Å². The minimum atomic E-state index is -3.76. The number of fused-ring (bicyclic) bond motifs is 1. The SMILES string of the molecule is NC(=O)C1(CS(=O)(=O)c2ccc(OCc3cccc4ncccc34)cc2)CCN(O)CC1. The van der Waals surface area contributed by atoms with E-state index in [0.717, 1.165) is 21.5 Å². The van der Waals surface area contributed by atoms with E-state index >= 15 is 0 Å². The number of primary amides is 1. The van der Waals surface area contributed by atoms with Crippen LogP contribution in [0, 0.1) is 5.41 Å². The van der Waals surface area contributed by atoms with Crippen LogP contribution < -0.4 is 10.5 Å². The fourth-order valence-corrected chi connectivity index (χ4v) is 5.90. The van der Waals surface area contributed by atoms with Gasteiger partial charge in [0.25, 0.3) is 0 Å². The predicted molar refractivity (Wildman–Crippen MR) is 119 cm³/mol. The summed E-state index contributed by atoms with van der Waals surface area (Å²) in [6, 6.07) is 15.8. The molecule has 1 saturated heterocycles. The highest BCUT2D eigenvalue weighted by molar-refractivity contribution is 7.91. The van der Waals surface area contributed by atoms with Crippen LogP contribution in [0.4, 0.5) is 0 Å². The van der Waals surface area contributed by atoms with Crippen LogP contribution in [0.2, 0.25) is 0 Å². The van der Waals surface area contributed by atoms with Crippen molar-refractivity contribution in [3.8, 4) is 5.75 Å². The molecular weight excluding hydrogens is 430 g/mol. The van der Waals surface area contributed by atoms with Gasteiger partial charge in [0.1, 0.15) is 12.4 Å². The molecule has 0 unspecified atom stereocenters. The first-order valence-corrected chi connectivity index (χ1v) is 12.0. The lowest BCUT2D eigenvalue weighted by molar-refractivity contribution is -0.144. The third-order valence-corrected chi connectivity index (χ3v) is 7.92. The molecule has 1 aliphatic rings. The number of hydrogen-bond acceptors (Lipinski definition) is 7. The lowest BCUT2D eigenvalue weighted by atomic mass is 9.80. The third-order valence-electron chi connectivity index (χ3n) is 6.00. The molecule has 3 aromatic rings. The first-order valence-electron chi connectivity index (χ1n) is 10.3. The summed E-state index contributed by atoms with van der Waals surface area (Å²) in [5, 5.41) is 11.7. The maximum atomic E-state index is 13.0. The first-order chi connectivity index (χ1) is 15.3. The number of nitrogens with zero attached hydrogens (tertiary/aromatic N) is 2. The first kappa shape index (κ1) is 22.2. The number of amides is 1. The van der Waals surface area contributed by atoms with Crippen molar-refractivity contribution in [3.05, 3.63) is 66.4 Å². The maximum Gasteiger partial charge on any atom is 0.224 e. The number of piperidine rings is 1. The van der Waals surface area contributed by atoms with E-state index < -0.39 is 21.2 Å². The van der Waals surface area contributed by atoms with Crippen LogP contribution in [0.15, 0.2) is 65.7 Å². The topological polar surface area (TPSA) is 123 Å². The molecule has 2 heterocycles. The molecule has 1 fully saturated rings. The number of hydroxylamine groups is 2. The second kappa shape index (κ2) is 8.85. The zero-order chi connectivity index (χ0) is 22.8. The fraction of sp³-hybridized carbons (Fsp3) is 0.304. The minimum absolute atomic E-state index is 0.103. The molecule has 1 aromatic heterocycles. The summed E-state index contributed by atoms with van der Waals surface area (Å²) in [6.07, 6.45) is 2.12. The molecule has 1 amide bonds. The van der Waals surface area contributed by atoms with E-state index in [1.165, 1.54) is 12.1 Å². The van der Waals surface area contributed by atoms with Crippen molar-refractivity contribution in [2.24, 2.45) is 11.1 Å². The Morgan fingerprint density at radius 1 is 1.09 bits per heavy atom. The molecule has 0 saturated carbocycles. The largest absolute Gasteiger partial charge is 0.489 e. The van der Waals surface area contributed by atoms with Gasteiger partial charge in [-0.05, 0) is 54.8 Å². The van der Waals surface area contributed by atoms with Gasteiger partial charge in [-0.2, -0.15) is 5.06 Å². The van der Waals surface area contributed by atoms with Gasteiger partial charge < -0.3 is 15.7 Å². The summed E-state index contributed by atoms with van der Waals surface area (Å²) in [5.41, 5.74) is 6.24. The summed E-state index contributed by atoms with van der Waals surface area (Å²) in [7, 11) is -3.76. The van der Waals surface area contributed by atoms with Crippen molar-refractivity contribution in [3.63, 3.8) is 0 Å². The lowest BCUT2D eigenvalue weighted by Gasteiger charge is -2.36. The minimum Gasteiger partial charge on any atom is -0.489 e. The normalized spacial score (nSPS) is 16.7. The zero-order valence-corrected chi connectivity index (χ0v) is 18.3. The smallest absolute Gasteiger partial charge is 0.224 e. The monoisotopic (exact) mass is 455 g/mol. The van der Waals surface area contributed by atoms with Crippen LogP contribution in [0.5, 0.6) is 5.75 Å². The molecule has 0 bridgehead atoms. The fourth-order valence-electron chi connectivity index (χ4n) is 4.03. The summed E-state index contributed by atoms with van der Waals surface area (Å²) < 4.78 is 31.9. The summed E-state index contributed by atoms with van der Waals surface area (Å²) in [5.74, 6) is -0.506. The zero-order valence-electron chi connectivity index (χ0n) is 17.5. The Morgan fingerprint density at radius 2 is 1.81 bits per heavy atom. The number of benzene rings is 2. The highest BCUT2D eigenvalue weighted by atomic mass is 32.2. The quantitative estimate of drug-likeness (QED) is 0.561. The Kier molecular flexibility index (Phi) is 6.14. The molecule has 3 N–H and O–H groups in total. The Morgan fingerprint density at radius 3 is 2.50 bits per heavy atom. The predicted octanol–water partition coefficient (Wildman–Crippen LogP) is 2.54. The molecule has 0 spiro atoms. The van der Waals surface area contributed by atoms with E-state index in [1.807, 2.05) is 30.3 Å². The molecular formula is C23H25N3O5S. The Hall–Kier alpha value is -3.01. The van der Waals surface area contributed by atoms with Gasteiger partial charge in [-0.15, -0.1) is 0 Å². The van der Waals surface area contributed by atoms with Crippen LogP contribution in [-0.2, 0) is 21.2 Å². The van der Waals surface area contributed by atoms with Gasteiger partial charge in [0, 0.05) is 24.7 Å². The Labute approximate surface area is 186 Å². The molecule has 0 radical (unpaired) electrons. The molecule has 0 atom stereocenters. The van der Waals surface area contributed by atoms with Crippen molar-refractivity contribution in [1.82, 2.24) is 10.0 Å². The second-order valence-corrected chi connectivity index (χ2v) is 10.1. The van der Waals surface area contributed by atoms with Crippen molar-refractivity contribution in [1.29, 1.82) is 0 Å². The van der Waals surface area contributed by atoms with E-state index in [9.17, 15) is 18.4 Å². The molecule has 0 aliphatic carbocycles. The highest BCUT2D eigenvalue weighted by Crippen LogP contribution is 2.34. The molecule has 9 heteroatoms. The van der Waals surface area contributed by atoms with Crippen LogP contribution in [0.1, 0.15) is 18.4 Å². The average molecular weight is 456 g/mol. The van der Waals surface area contributed by atoms with Crippen molar-refractivity contribution in [2.45, 2.75) is 24.3 Å². The van der Waals surface area contributed by atoms with Gasteiger partial charge in [-0.3, -0.25) is 9.78 Å². The highest BCUT2D eigenvalue weighted by Gasteiger charge is 2.43. The number of pyridine rings is 1. The van der Waals surface area contributed by atoms with Crippen LogP contribution in [0.3, 0.4) is 0 Å². The maximum absolute atomic E-state index is 13.0. The van der Waals surface area contributed by atoms with Gasteiger partial charge in [-0.1, -0.05) is 18.2 Å². The van der Waals surface area contributed by atoms with Gasteiger partial charge >= 0.3 is 0 Å². The van der Waals surface area contributed by atoms with Gasteiger partial charge in [0.05, 0.1) is 21.6 Å². The Balaban J connectivity index is 1.47. The van der Waals surface area contributed by atoms with Crippen LogP contribution in [0.25, 0.3) is 10.9 Å². The number of hydrogen-bond donors (Lipinski definition) is 2. The molecule has 8 nitrogen and oxygen atoms in total. The summed E-state index contributed by atoms with van der Waals surface area (Å²) in [6.45, 7) is 0.724. The van der Waals surface area contributed by atoms with E-state index in [4.69, 9.17) is 10.5 Å². The molecule has 4 rings (SSSR count). The molecule has 32 heavy (non-hydrogen) atoms. The van der Waals surface area contributed by atoms with Crippen molar-refractivity contribution >= 4 is 26.6 Å². The third kappa shape index (κ3) is 4.59. The van der Waals surface area contributed by atoms with E-state index in [0.29, 0.717) is 12.4 Å². The molecule has 168 valence electrons. The lowest BCUT2D eigenvalue weighted by Crippen LogP contribution is -2.49. The van der Waals surface area contributed by atoms with E-state index in [-0.39, 0.29) is 36.6 Å². The Bertz CT molecular complexity index is 1210. The number of nitrogens with two attached hydrogens (primary N) is 1. The number of aromatic nitrogens is 1. The van der Waals surface area contributed by atoms with Crippen LogP contribution >= 0.6 is 0 Å². The number of ether oxygens (including phenoxy) is 1. The average Bonchev–Trinajstić information content (AvgIpc) is 2.79. The number of sulfone groups is 1. The molecule has 1 aliphatic heterocycles. The van der Waals surface area contributed by atoms with E-state index in [2.05, 4.69) is 4.98 Å². The van der Waals surface area contributed by atoms with Gasteiger partial charge in [-0.25, -0.2) is 8.42 Å². The number of carbonyl (C=O) groups excluding carboxylic acids is 1. The summed E-state index contributed by atoms with van der Waals surface area (Å²) in [4.78, 5) is 16.5.